The number of nitrogens with one attached hydrogen (secondary N) is 1. The third-order valence-electron chi connectivity index (χ3n) is 5.68. The molecule has 3 heterocycles. The monoisotopic (exact) mass is 404 g/mol. The molecule has 0 saturated carbocycles. The number of para-hydroxylation sites is 1. The summed E-state index contributed by atoms with van der Waals surface area (Å²) in [6.07, 6.45) is 7.18. The summed E-state index contributed by atoms with van der Waals surface area (Å²) in [6.45, 7) is 2.63. The molecule has 2 aliphatic rings. The fraction of sp³-hybridized carbons (Fsp3) is 0.524. The first-order valence-corrected chi connectivity index (χ1v) is 9.96. The normalized spacial score (nSPS) is 23.1. The minimum atomic E-state index is -0.0536. The Labute approximate surface area is 172 Å². The molecule has 2 aromatic rings. The third-order valence-corrected chi connectivity index (χ3v) is 5.68. The fourth-order valence-electron chi connectivity index (χ4n) is 4.21. The topological polar surface area (TPSA) is 59.4 Å². The molecule has 0 aliphatic carbocycles. The molecule has 2 unspecified atom stereocenters. The Balaban J connectivity index is 0.00000225. The molecule has 28 heavy (non-hydrogen) atoms. The molecule has 2 fully saturated rings. The molecule has 4 rings (SSSR count). The number of carbonyl (C=O) groups excluding carboxylic acids is 1. The van der Waals surface area contributed by atoms with E-state index in [9.17, 15) is 4.79 Å². The Kier molecular flexibility index (Phi) is 6.62. The van der Waals surface area contributed by atoms with Gasteiger partial charge >= 0.3 is 0 Å². The maximum atomic E-state index is 13.3. The number of aromatic nitrogens is 2. The van der Waals surface area contributed by atoms with Crippen molar-refractivity contribution in [3.05, 3.63) is 42.2 Å². The van der Waals surface area contributed by atoms with Crippen LogP contribution in [0.3, 0.4) is 0 Å². The number of piperidine rings is 1. The number of halogens is 1. The van der Waals surface area contributed by atoms with E-state index in [1.807, 2.05) is 48.5 Å². The molecule has 2 aliphatic heterocycles. The lowest BCUT2D eigenvalue weighted by Crippen LogP contribution is -2.48. The van der Waals surface area contributed by atoms with Gasteiger partial charge in [0.2, 0.25) is 0 Å². The number of carbonyl (C=O) groups is 1. The van der Waals surface area contributed by atoms with Crippen molar-refractivity contribution in [2.24, 2.45) is 0 Å². The summed E-state index contributed by atoms with van der Waals surface area (Å²) in [5, 5.41) is 8.22. The van der Waals surface area contributed by atoms with Crippen LogP contribution in [0.25, 0.3) is 5.69 Å². The van der Waals surface area contributed by atoms with Crippen molar-refractivity contribution in [2.75, 3.05) is 13.7 Å². The second-order valence-electron chi connectivity index (χ2n) is 7.65. The van der Waals surface area contributed by atoms with Crippen LogP contribution in [0.4, 0.5) is 0 Å². The molecule has 0 radical (unpaired) electrons. The van der Waals surface area contributed by atoms with Gasteiger partial charge in [0.1, 0.15) is 0 Å². The van der Waals surface area contributed by atoms with E-state index >= 15 is 0 Å². The Bertz CT molecular complexity index is 783. The van der Waals surface area contributed by atoms with E-state index in [0.29, 0.717) is 30.1 Å². The van der Waals surface area contributed by atoms with Crippen LogP contribution in [0.15, 0.2) is 36.5 Å². The molecule has 1 aromatic heterocycles. The van der Waals surface area contributed by atoms with Crippen LogP contribution >= 0.6 is 12.4 Å². The molecule has 2 atom stereocenters. The number of ether oxygens (including phenoxy) is 1. The second kappa shape index (κ2) is 8.97. The summed E-state index contributed by atoms with van der Waals surface area (Å²) in [5.74, 6) is 0.511. The van der Waals surface area contributed by atoms with Gasteiger partial charge in [-0.3, -0.25) is 4.79 Å². The lowest BCUT2D eigenvalue weighted by atomic mass is 9.98. The molecular formula is C21H29ClN4O2. The summed E-state index contributed by atoms with van der Waals surface area (Å²) in [5.41, 5.74) is 1.32. The Morgan fingerprint density at radius 1 is 1.25 bits per heavy atom. The van der Waals surface area contributed by atoms with Crippen molar-refractivity contribution in [1.82, 2.24) is 20.0 Å². The molecule has 0 spiro atoms. The van der Waals surface area contributed by atoms with Crippen LogP contribution in [0.1, 0.15) is 49.5 Å². The van der Waals surface area contributed by atoms with Gasteiger partial charge in [-0.25, -0.2) is 4.68 Å². The van der Waals surface area contributed by atoms with Crippen LogP contribution in [-0.4, -0.2) is 52.4 Å². The quantitative estimate of drug-likeness (QED) is 0.801. The first-order chi connectivity index (χ1) is 13.2. The maximum Gasteiger partial charge on any atom is 0.278 e. The number of benzene rings is 1. The SMILES string of the molecule is CCCOc1cn(-c2ccccc2)nc1C(=O)N(C)C1CC2CCC(C1)N2.Cl. The standard InChI is InChI=1S/C21H28N4O2.ClH/c1-3-11-27-19-14-25(17-7-5-4-6-8-17)23-20(19)21(26)24(2)18-12-15-9-10-16(13-18)22-15;/h4-8,14-16,18,22H,3,9-13H2,1-2H3;1H. The minimum Gasteiger partial charge on any atom is -0.489 e. The zero-order valence-corrected chi connectivity index (χ0v) is 17.3. The summed E-state index contributed by atoms with van der Waals surface area (Å²) in [4.78, 5) is 15.1. The highest BCUT2D eigenvalue weighted by Crippen LogP contribution is 2.31. The van der Waals surface area contributed by atoms with E-state index in [0.717, 1.165) is 24.9 Å². The first kappa shape index (κ1) is 20.7. The van der Waals surface area contributed by atoms with E-state index in [4.69, 9.17) is 4.74 Å². The highest BCUT2D eigenvalue weighted by Gasteiger charge is 2.37. The molecule has 1 amide bonds. The van der Waals surface area contributed by atoms with E-state index < -0.39 is 0 Å². The second-order valence-corrected chi connectivity index (χ2v) is 7.65. The average Bonchev–Trinajstić information content (AvgIpc) is 3.28. The highest BCUT2D eigenvalue weighted by atomic mass is 35.5. The number of amides is 1. The summed E-state index contributed by atoms with van der Waals surface area (Å²) in [6, 6.07) is 11.2. The number of fused-ring (bicyclic) bond motifs is 2. The van der Waals surface area contributed by atoms with E-state index in [-0.39, 0.29) is 24.4 Å². The van der Waals surface area contributed by atoms with Gasteiger partial charge < -0.3 is 15.0 Å². The zero-order valence-electron chi connectivity index (χ0n) is 16.5. The van der Waals surface area contributed by atoms with Gasteiger partial charge in [-0.15, -0.1) is 12.4 Å². The van der Waals surface area contributed by atoms with Crippen molar-refractivity contribution in [3.63, 3.8) is 0 Å². The van der Waals surface area contributed by atoms with Gasteiger partial charge in [0.15, 0.2) is 11.4 Å². The smallest absolute Gasteiger partial charge is 0.278 e. The van der Waals surface area contributed by atoms with Gasteiger partial charge in [0, 0.05) is 25.2 Å². The zero-order chi connectivity index (χ0) is 18.8. The first-order valence-electron chi connectivity index (χ1n) is 9.96. The van der Waals surface area contributed by atoms with E-state index in [2.05, 4.69) is 17.3 Å². The maximum absolute atomic E-state index is 13.3. The number of hydrogen-bond donors (Lipinski definition) is 1. The number of nitrogens with zero attached hydrogens (tertiary/aromatic N) is 3. The Hall–Kier alpha value is -2.05. The van der Waals surface area contributed by atoms with E-state index in [1.54, 1.807) is 4.68 Å². The summed E-state index contributed by atoms with van der Waals surface area (Å²) in [7, 11) is 1.91. The third kappa shape index (κ3) is 4.18. The van der Waals surface area contributed by atoms with Crippen molar-refractivity contribution < 1.29 is 9.53 Å². The van der Waals surface area contributed by atoms with Crippen LogP contribution in [-0.2, 0) is 0 Å². The highest BCUT2D eigenvalue weighted by molar-refractivity contribution is 5.95. The van der Waals surface area contributed by atoms with Crippen molar-refractivity contribution in [3.8, 4) is 11.4 Å². The van der Waals surface area contributed by atoms with E-state index in [1.165, 1.54) is 12.8 Å². The lowest BCUT2D eigenvalue weighted by molar-refractivity contribution is 0.0671. The van der Waals surface area contributed by atoms with Crippen molar-refractivity contribution in [2.45, 2.75) is 57.2 Å². The molecule has 1 aromatic carbocycles. The molecule has 2 bridgehead atoms. The number of hydrogen-bond acceptors (Lipinski definition) is 4. The van der Waals surface area contributed by atoms with Crippen LogP contribution < -0.4 is 10.1 Å². The molecule has 7 heteroatoms. The molecule has 6 nitrogen and oxygen atoms in total. The van der Waals surface area contributed by atoms with Crippen LogP contribution in [0.5, 0.6) is 5.75 Å². The predicted octanol–water partition coefficient (Wildman–Crippen LogP) is 3.44. The van der Waals surface area contributed by atoms with Crippen molar-refractivity contribution in [1.29, 1.82) is 0 Å². The van der Waals surface area contributed by atoms with Crippen molar-refractivity contribution >= 4 is 18.3 Å². The molecule has 152 valence electrons. The van der Waals surface area contributed by atoms with Gasteiger partial charge in [-0.2, -0.15) is 5.10 Å². The van der Waals surface area contributed by atoms with Gasteiger partial charge in [-0.05, 0) is 44.2 Å². The summed E-state index contributed by atoms with van der Waals surface area (Å²) >= 11 is 0. The fourth-order valence-corrected chi connectivity index (χ4v) is 4.21. The average molecular weight is 405 g/mol. The van der Waals surface area contributed by atoms with Crippen LogP contribution in [0, 0.1) is 0 Å². The Morgan fingerprint density at radius 2 is 1.93 bits per heavy atom. The van der Waals surface area contributed by atoms with Crippen LogP contribution in [0.2, 0.25) is 0 Å². The van der Waals surface area contributed by atoms with Gasteiger partial charge in [0.05, 0.1) is 18.5 Å². The minimum absolute atomic E-state index is 0. The van der Waals surface area contributed by atoms with Gasteiger partial charge in [0.25, 0.3) is 5.91 Å². The summed E-state index contributed by atoms with van der Waals surface area (Å²) < 4.78 is 7.59. The lowest BCUT2D eigenvalue weighted by Gasteiger charge is -2.35. The largest absolute Gasteiger partial charge is 0.489 e. The molecule has 1 N–H and O–H groups in total. The predicted molar refractivity (Wildman–Crippen MR) is 112 cm³/mol. The molecular weight excluding hydrogens is 376 g/mol. The Morgan fingerprint density at radius 3 is 2.57 bits per heavy atom. The molecule has 2 saturated heterocycles. The number of rotatable bonds is 6. The van der Waals surface area contributed by atoms with Gasteiger partial charge in [-0.1, -0.05) is 25.1 Å².